The van der Waals surface area contributed by atoms with Gasteiger partial charge >= 0.3 is 12.1 Å². The van der Waals surface area contributed by atoms with Gasteiger partial charge in [0.15, 0.2) is 0 Å². The van der Waals surface area contributed by atoms with Crippen molar-refractivity contribution in [2.75, 3.05) is 26.9 Å². The minimum absolute atomic E-state index is 0.0706. The molecule has 0 radical (unpaired) electrons. The first kappa shape index (κ1) is 22.4. The number of carbonyl (C=O) groups is 2. The molecule has 1 aromatic carbocycles. The second kappa shape index (κ2) is 9.69. The molecule has 0 spiro atoms. The Labute approximate surface area is 178 Å². The maximum atomic E-state index is 13.0. The molecule has 0 aliphatic carbocycles. The smallest absolute Gasteiger partial charge is 0.410 e. The van der Waals surface area contributed by atoms with Crippen LogP contribution in [0.1, 0.15) is 74.8 Å². The van der Waals surface area contributed by atoms with Gasteiger partial charge in [0.1, 0.15) is 11.4 Å². The zero-order chi connectivity index (χ0) is 21.7. The number of ether oxygens (including phenoxy) is 4. The molecule has 30 heavy (non-hydrogen) atoms. The minimum atomic E-state index is -0.579. The molecule has 7 nitrogen and oxygen atoms in total. The fraction of sp³-hybridized carbons (Fsp3) is 0.652. The molecule has 1 saturated heterocycles. The highest BCUT2D eigenvalue weighted by Gasteiger charge is 2.37. The first-order valence-electron chi connectivity index (χ1n) is 10.7. The molecular formula is C23H33NO6. The Hall–Kier alpha value is -2.28. The number of methoxy groups -OCH3 is 1. The minimum Gasteiger partial charge on any atom is -0.493 e. The summed E-state index contributed by atoms with van der Waals surface area (Å²) in [6.45, 7) is 7.39. The van der Waals surface area contributed by atoms with Crippen LogP contribution in [0.4, 0.5) is 4.79 Å². The van der Waals surface area contributed by atoms with Gasteiger partial charge in [0.05, 0.1) is 31.4 Å². The number of likely N-dealkylation sites (tertiary alicyclic amines) is 1. The van der Waals surface area contributed by atoms with E-state index in [4.69, 9.17) is 18.9 Å². The lowest BCUT2D eigenvalue weighted by Gasteiger charge is -2.40. The van der Waals surface area contributed by atoms with E-state index in [9.17, 15) is 9.59 Å². The van der Waals surface area contributed by atoms with Crippen LogP contribution in [-0.2, 0) is 14.2 Å². The van der Waals surface area contributed by atoms with Gasteiger partial charge in [-0.05, 0) is 65.0 Å². The van der Waals surface area contributed by atoms with E-state index in [-0.39, 0.29) is 18.2 Å². The van der Waals surface area contributed by atoms with Crippen LogP contribution < -0.4 is 4.74 Å². The maximum Gasteiger partial charge on any atom is 0.410 e. The van der Waals surface area contributed by atoms with E-state index in [2.05, 4.69) is 0 Å². The van der Waals surface area contributed by atoms with E-state index in [1.165, 1.54) is 7.11 Å². The predicted octanol–water partition coefficient (Wildman–Crippen LogP) is 4.49. The molecule has 2 atom stereocenters. The number of esters is 1. The largest absolute Gasteiger partial charge is 0.493 e. The summed E-state index contributed by atoms with van der Waals surface area (Å²) in [5.74, 6) is 0.194. The van der Waals surface area contributed by atoms with Gasteiger partial charge in [0, 0.05) is 18.7 Å². The number of carbonyl (C=O) groups excluding carboxylic acids is 2. The van der Waals surface area contributed by atoms with Gasteiger partial charge in [-0.2, -0.15) is 0 Å². The number of amides is 1. The maximum absolute atomic E-state index is 13.0. The highest BCUT2D eigenvalue weighted by atomic mass is 16.6. The van der Waals surface area contributed by atoms with E-state index >= 15 is 0 Å². The molecule has 1 fully saturated rings. The summed E-state index contributed by atoms with van der Waals surface area (Å²) < 4.78 is 22.7. The number of fused-ring (bicyclic) bond motifs is 4. The lowest BCUT2D eigenvalue weighted by molar-refractivity contribution is -0.0333. The fourth-order valence-electron chi connectivity index (χ4n) is 3.91. The van der Waals surface area contributed by atoms with Crippen molar-refractivity contribution in [3.05, 3.63) is 29.3 Å². The fourth-order valence-corrected chi connectivity index (χ4v) is 3.91. The Morgan fingerprint density at radius 2 is 1.90 bits per heavy atom. The van der Waals surface area contributed by atoms with E-state index in [1.54, 1.807) is 17.0 Å². The van der Waals surface area contributed by atoms with Crippen LogP contribution in [0.2, 0.25) is 0 Å². The second-order valence-corrected chi connectivity index (χ2v) is 8.86. The van der Waals surface area contributed by atoms with Crippen LogP contribution in [-0.4, -0.2) is 55.5 Å². The molecular weight excluding hydrogens is 386 g/mol. The Morgan fingerprint density at radius 1 is 1.13 bits per heavy atom. The quantitative estimate of drug-likeness (QED) is 0.624. The molecule has 2 aliphatic heterocycles. The Kier molecular flexibility index (Phi) is 7.23. The molecule has 0 saturated carbocycles. The molecule has 3 rings (SSSR count). The standard InChI is InChI=1S/C23H33NO6/c1-23(2,3)30-22(26)24-11-10-17-15-19(24)18-9-8-16(21(25)27-4)14-20(18)29-13-7-5-6-12-28-17/h8-9,14,17,19H,5-7,10-13,15H2,1-4H3/t17-,19-/m0/s1. The van der Waals surface area contributed by atoms with Gasteiger partial charge < -0.3 is 23.8 Å². The van der Waals surface area contributed by atoms with Gasteiger partial charge in [0.2, 0.25) is 0 Å². The molecule has 1 amide bonds. The molecule has 7 heteroatoms. The van der Waals surface area contributed by atoms with Crippen LogP contribution in [0.15, 0.2) is 18.2 Å². The summed E-state index contributed by atoms with van der Waals surface area (Å²) in [5, 5.41) is 0. The van der Waals surface area contributed by atoms with Crippen LogP contribution in [0.5, 0.6) is 5.75 Å². The van der Waals surface area contributed by atoms with Crippen LogP contribution in [0, 0.1) is 0 Å². The van der Waals surface area contributed by atoms with Crippen molar-refractivity contribution in [2.45, 2.75) is 70.6 Å². The lowest BCUT2D eigenvalue weighted by Crippen LogP contribution is -2.45. The number of rotatable bonds is 1. The van der Waals surface area contributed by atoms with E-state index < -0.39 is 11.6 Å². The molecule has 2 bridgehead atoms. The normalized spacial score (nSPS) is 22.6. The van der Waals surface area contributed by atoms with E-state index in [0.29, 0.717) is 30.9 Å². The number of benzene rings is 1. The molecule has 2 aliphatic rings. The van der Waals surface area contributed by atoms with Crippen molar-refractivity contribution in [3.8, 4) is 5.75 Å². The molecule has 0 N–H and O–H groups in total. The molecule has 1 aromatic rings. The number of nitrogens with zero attached hydrogens (tertiary/aromatic N) is 1. The third-order valence-corrected chi connectivity index (χ3v) is 5.38. The highest BCUT2D eigenvalue weighted by molar-refractivity contribution is 5.90. The van der Waals surface area contributed by atoms with Gasteiger partial charge in [-0.1, -0.05) is 6.07 Å². The molecule has 0 aromatic heterocycles. The van der Waals surface area contributed by atoms with Crippen molar-refractivity contribution >= 4 is 12.1 Å². The topological polar surface area (TPSA) is 74.3 Å². The van der Waals surface area contributed by atoms with Gasteiger partial charge in [-0.15, -0.1) is 0 Å². The van der Waals surface area contributed by atoms with Crippen molar-refractivity contribution in [3.63, 3.8) is 0 Å². The average Bonchev–Trinajstić information content (AvgIpc) is 2.70. The second-order valence-electron chi connectivity index (χ2n) is 8.86. The SMILES string of the molecule is COC(=O)c1ccc2c(c1)OCCCCCO[C@H]1CCN(C(=O)OC(C)(C)C)[C@H]2C1. The van der Waals surface area contributed by atoms with Gasteiger partial charge in [-0.3, -0.25) is 0 Å². The van der Waals surface area contributed by atoms with E-state index in [1.807, 2.05) is 26.8 Å². The first-order valence-corrected chi connectivity index (χ1v) is 10.7. The predicted molar refractivity (Wildman–Crippen MR) is 112 cm³/mol. The van der Waals surface area contributed by atoms with Gasteiger partial charge in [0.25, 0.3) is 0 Å². The lowest BCUT2D eigenvalue weighted by atomic mass is 9.92. The van der Waals surface area contributed by atoms with Crippen molar-refractivity contribution in [2.24, 2.45) is 0 Å². The van der Waals surface area contributed by atoms with Crippen LogP contribution in [0.3, 0.4) is 0 Å². The molecule has 2 heterocycles. The zero-order valence-corrected chi connectivity index (χ0v) is 18.4. The molecule has 166 valence electrons. The van der Waals surface area contributed by atoms with Crippen molar-refractivity contribution in [1.29, 1.82) is 0 Å². The average molecular weight is 420 g/mol. The first-order chi connectivity index (χ1) is 14.3. The summed E-state index contributed by atoms with van der Waals surface area (Å²) >= 11 is 0. The number of piperidine rings is 1. The van der Waals surface area contributed by atoms with Gasteiger partial charge in [-0.25, -0.2) is 9.59 Å². The summed E-state index contributed by atoms with van der Waals surface area (Å²) in [6, 6.07) is 5.04. The van der Waals surface area contributed by atoms with Crippen molar-refractivity contribution < 1.29 is 28.5 Å². The molecule has 0 unspecified atom stereocenters. The number of hydrogen-bond acceptors (Lipinski definition) is 6. The third kappa shape index (κ3) is 5.65. The van der Waals surface area contributed by atoms with Crippen LogP contribution in [0.25, 0.3) is 0 Å². The highest BCUT2D eigenvalue weighted by Crippen LogP contribution is 2.39. The summed E-state index contributed by atoms with van der Waals surface area (Å²) in [6.07, 6.45) is 4.05. The van der Waals surface area contributed by atoms with Crippen molar-refractivity contribution in [1.82, 2.24) is 4.90 Å². The van der Waals surface area contributed by atoms with E-state index in [0.717, 1.165) is 37.9 Å². The third-order valence-electron chi connectivity index (χ3n) is 5.38. The monoisotopic (exact) mass is 419 g/mol. The van der Waals surface area contributed by atoms with Crippen LogP contribution >= 0.6 is 0 Å². The Bertz CT molecular complexity index is 757. The number of hydrogen-bond donors (Lipinski definition) is 0. The summed E-state index contributed by atoms with van der Waals surface area (Å²) in [5.41, 5.74) is 0.710. The summed E-state index contributed by atoms with van der Waals surface area (Å²) in [4.78, 5) is 26.8. The summed E-state index contributed by atoms with van der Waals surface area (Å²) in [7, 11) is 1.36. The Morgan fingerprint density at radius 3 is 2.63 bits per heavy atom. The zero-order valence-electron chi connectivity index (χ0n) is 18.4. The Balaban J connectivity index is 1.97.